The molecule has 8 nitrogen and oxygen atoms in total. The Morgan fingerprint density at radius 2 is 1.91 bits per heavy atom. The molecule has 1 saturated carbocycles. The molecule has 0 bridgehead atoms. The van der Waals surface area contributed by atoms with Crippen LogP contribution in [-0.2, 0) is 9.47 Å². The van der Waals surface area contributed by atoms with Crippen molar-refractivity contribution in [3.63, 3.8) is 0 Å². The van der Waals surface area contributed by atoms with Gasteiger partial charge in [0.1, 0.15) is 11.4 Å². The average Bonchev–Trinajstić information content (AvgIpc) is 3.12. The highest BCUT2D eigenvalue weighted by atomic mass is 19.3. The van der Waals surface area contributed by atoms with E-state index in [4.69, 9.17) is 19.4 Å². The Hall–Kier alpha value is -2.88. The Morgan fingerprint density at radius 1 is 1.20 bits per heavy atom. The predicted molar refractivity (Wildman–Crippen MR) is 128 cm³/mol. The number of aromatic nitrogens is 4. The van der Waals surface area contributed by atoms with E-state index in [1.54, 1.807) is 31.5 Å². The number of alkyl halides is 2. The number of ether oxygens (including phenoxy) is 2. The van der Waals surface area contributed by atoms with Crippen molar-refractivity contribution in [1.29, 1.82) is 0 Å². The zero-order valence-corrected chi connectivity index (χ0v) is 21.0. The Morgan fingerprint density at radius 3 is 2.49 bits per heavy atom. The third-order valence-corrected chi connectivity index (χ3v) is 6.03. The molecule has 0 N–H and O–H groups in total. The van der Waals surface area contributed by atoms with Gasteiger partial charge in [-0.25, -0.2) is 23.2 Å². The normalized spacial score (nSPS) is 18.8. The van der Waals surface area contributed by atoms with Gasteiger partial charge in [0.25, 0.3) is 5.95 Å². The van der Waals surface area contributed by atoms with Crippen molar-refractivity contribution >= 4 is 17.5 Å². The molecule has 2 aromatic rings. The SMILES string of the molecule is Cc1cc(C)n(-c2nc(C3=CCCOC3)cc(N(C(=O)OC(C)(C)C)C3CCC(F)(F)CC3)n2)n1. The summed E-state index contributed by atoms with van der Waals surface area (Å²) in [6, 6.07) is 3.15. The third kappa shape index (κ3) is 6.04. The molecular formula is C25H33F2N5O3. The van der Waals surface area contributed by atoms with Crippen molar-refractivity contribution in [3.05, 3.63) is 35.3 Å². The van der Waals surface area contributed by atoms with Crippen LogP contribution in [0.25, 0.3) is 11.5 Å². The van der Waals surface area contributed by atoms with Gasteiger partial charge >= 0.3 is 6.09 Å². The first-order valence-corrected chi connectivity index (χ1v) is 12.0. The number of amides is 1. The van der Waals surface area contributed by atoms with Gasteiger partial charge < -0.3 is 9.47 Å². The number of carbonyl (C=O) groups is 1. The van der Waals surface area contributed by atoms with Crippen molar-refractivity contribution in [2.24, 2.45) is 0 Å². The lowest BCUT2D eigenvalue weighted by Gasteiger charge is -2.37. The number of aryl methyl sites for hydroxylation is 2. The van der Waals surface area contributed by atoms with E-state index in [1.807, 2.05) is 19.9 Å². The second-order valence-corrected chi connectivity index (χ2v) is 10.3. The summed E-state index contributed by atoms with van der Waals surface area (Å²) >= 11 is 0. The third-order valence-electron chi connectivity index (χ3n) is 6.03. The zero-order chi connectivity index (χ0) is 25.4. The van der Waals surface area contributed by atoms with Gasteiger partial charge in [0, 0.05) is 30.6 Å². The lowest BCUT2D eigenvalue weighted by molar-refractivity contribution is -0.0388. The topological polar surface area (TPSA) is 82.4 Å². The Kier molecular flexibility index (Phi) is 6.95. The number of carbonyl (C=O) groups excluding carboxylic acids is 1. The van der Waals surface area contributed by atoms with Gasteiger partial charge in [0.15, 0.2) is 0 Å². The summed E-state index contributed by atoms with van der Waals surface area (Å²) in [6.07, 6.45) is 1.89. The highest BCUT2D eigenvalue weighted by Crippen LogP contribution is 2.37. The van der Waals surface area contributed by atoms with Crippen LogP contribution in [0, 0.1) is 13.8 Å². The molecule has 0 radical (unpaired) electrons. The first kappa shape index (κ1) is 25.2. The van der Waals surface area contributed by atoms with Gasteiger partial charge in [-0.3, -0.25) is 4.90 Å². The maximum Gasteiger partial charge on any atom is 0.416 e. The largest absolute Gasteiger partial charge is 0.443 e. The lowest BCUT2D eigenvalue weighted by Crippen LogP contribution is -2.47. The van der Waals surface area contributed by atoms with Crippen molar-refractivity contribution in [2.45, 2.75) is 84.3 Å². The summed E-state index contributed by atoms with van der Waals surface area (Å²) in [5, 5.41) is 4.51. The summed E-state index contributed by atoms with van der Waals surface area (Å²) in [6.45, 7) is 10.1. The summed E-state index contributed by atoms with van der Waals surface area (Å²) < 4.78 is 40.9. The monoisotopic (exact) mass is 489 g/mol. The second kappa shape index (κ2) is 9.64. The van der Waals surface area contributed by atoms with Crippen LogP contribution >= 0.6 is 0 Å². The number of halogens is 2. The molecule has 35 heavy (non-hydrogen) atoms. The molecular weight excluding hydrogens is 456 g/mol. The quantitative estimate of drug-likeness (QED) is 0.572. The van der Waals surface area contributed by atoms with Crippen LogP contribution in [0.3, 0.4) is 0 Å². The number of hydrogen-bond donors (Lipinski definition) is 0. The van der Waals surface area contributed by atoms with Gasteiger partial charge in [0.2, 0.25) is 5.92 Å². The van der Waals surface area contributed by atoms with E-state index >= 15 is 0 Å². The number of hydrogen-bond acceptors (Lipinski definition) is 6. The van der Waals surface area contributed by atoms with Gasteiger partial charge in [-0.2, -0.15) is 10.1 Å². The zero-order valence-electron chi connectivity index (χ0n) is 21.0. The Balaban J connectivity index is 1.83. The molecule has 0 atom stereocenters. The van der Waals surface area contributed by atoms with Crippen LogP contribution in [0.15, 0.2) is 18.2 Å². The van der Waals surface area contributed by atoms with Crippen LogP contribution in [0.4, 0.5) is 19.4 Å². The first-order valence-electron chi connectivity index (χ1n) is 12.0. The molecule has 0 saturated heterocycles. The standard InChI is InChI=1S/C25H33F2N5O3/c1-16-13-17(2)32(30-16)22-28-20(18-7-6-12-34-15-18)14-21(29-22)31(23(33)35-24(3,4)5)19-8-10-25(26,27)11-9-19/h7,13-14,19H,6,8-12,15H2,1-5H3. The van der Waals surface area contributed by atoms with Crippen LogP contribution in [-0.4, -0.2) is 56.6 Å². The summed E-state index contributed by atoms with van der Waals surface area (Å²) in [4.78, 5) is 24.3. The van der Waals surface area contributed by atoms with Crippen molar-refractivity contribution in [2.75, 3.05) is 18.1 Å². The highest BCUT2D eigenvalue weighted by Gasteiger charge is 2.40. The molecule has 1 aliphatic carbocycles. The Labute approximate surface area is 204 Å². The molecule has 0 spiro atoms. The molecule has 2 aliphatic rings. The van der Waals surface area contributed by atoms with Gasteiger partial charge in [-0.05, 0) is 65.5 Å². The van der Waals surface area contributed by atoms with Crippen LogP contribution < -0.4 is 4.90 Å². The van der Waals surface area contributed by atoms with Gasteiger partial charge in [-0.1, -0.05) is 6.08 Å². The number of rotatable bonds is 4. The van der Waals surface area contributed by atoms with Crippen molar-refractivity contribution < 1.29 is 23.0 Å². The van der Waals surface area contributed by atoms with Crippen LogP contribution in [0.2, 0.25) is 0 Å². The highest BCUT2D eigenvalue weighted by molar-refractivity contribution is 5.88. The van der Waals surface area contributed by atoms with Gasteiger partial charge in [-0.15, -0.1) is 0 Å². The molecule has 4 rings (SSSR count). The minimum atomic E-state index is -2.73. The molecule has 0 unspecified atom stereocenters. The van der Waals surface area contributed by atoms with E-state index in [0.717, 1.165) is 23.4 Å². The molecule has 3 heterocycles. The average molecular weight is 490 g/mol. The van der Waals surface area contributed by atoms with Crippen molar-refractivity contribution in [3.8, 4) is 5.95 Å². The fourth-order valence-corrected chi connectivity index (χ4v) is 4.40. The van der Waals surface area contributed by atoms with Gasteiger partial charge in [0.05, 0.1) is 24.6 Å². The van der Waals surface area contributed by atoms with E-state index in [2.05, 4.69) is 11.2 Å². The second-order valence-electron chi connectivity index (χ2n) is 10.3. The molecule has 10 heteroatoms. The maximum absolute atomic E-state index is 14.0. The van der Waals surface area contributed by atoms with E-state index in [-0.39, 0.29) is 25.7 Å². The number of nitrogens with zero attached hydrogens (tertiary/aromatic N) is 5. The minimum Gasteiger partial charge on any atom is -0.443 e. The molecule has 1 aliphatic heterocycles. The van der Waals surface area contributed by atoms with E-state index < -0.39 is 23.7 Å². The van der Waals surface area contributed by atoms with Crippen LogP contribution in [0.5, 0.6) is 0 Å². The molecule has 1 amide bonds. The van der Waals surface area contributed by atoms with E-state index in [0.29, 0.717) is 30.7 Å². The van der Waals surface area contributed by atoms with Crippen molar-refractivity contribution in [1.82, 2.24) is 19.7 Å². The molecule has 1 fully saturated rings. The minimum absolute atomic E-state index is 0.145. The fourth-order valence-electron chi connectivity index (χ4n) is 4.40. The summed E-state index contributed by atoms with van der Waals surface area (Å²) in [5.41, 5.74) is 2.36. The maximum atomic E-state index is 14.0. The smallest absolute Gasteiger partial charge is 0.416 e. The summed E-state index contributed by atoms with van der Waals surface area (Å²) in [7, 11) is 0. The number of anilines is 1. The van der Waals surface area contributed by atoms with E-state index in [1.165, 1.54) is 4.90 Å². The Bertz CT molecular complexity index is 1110. The first-order chi connectivity index (χ1) is 16.4. The predicted octanol–water partition coefficient (Wildman–Crippen LogP) is 5.40. The molecule has 0 aromatic carbocycles. The molecule has 2 aromatic heterocycles. The fraction of sp³-hybridized carbons (Fsp3) is 0.600. The summed E-state index contributed by atoms with van der Waals surface area (Å²) in [5.74, 6) is -2.13. The van der Waals surface area contributed by atoms with E-state index in [9.17, 15) is 13.6 Å². The lowest BCUT2D eigenvalue weighted by atomic mass is 9.91. The van der Waals surface area contributed by atoms with Crippen LogP contribution in [0.1, 0.15) is 70.0 Å². The molecule has 190 valence electrons.